The van der Waals surface area contributed by atoms with Gasteiger partial charge in [-0.25, -0.2) is 9.37 Å². The maximum Gasteiger partial charge on any atom is 0.257 e. The molecule has 1 fully saturated rings. The minimum Gasteiger partial charge on any atom is -0.431 e. The van der Waals surface area contributed by atoms with Gasteiger partial charge in [0.15, 0.2) is 5.58 Å². The summed E-state index contributed by atoms with van der Waals surface area (Å²) in [5, 5.41) is 8.76. The number of fused-ring (bicyclic) bond motifs is 1. The Morgan fingerprint density at radius 3 is 2.61 bits per heavy atom. The highest BCUT2D eigenvalue weighted by molar-refractivity contribution is 7.99. The largest absolute Gasteiger partial charge is 0.431 e. The van der Waals surface area contributed by atoms with Gasteiger partial charge in [-0.2, -0.15) is 0 Å². The number of halogens is 1. The van der Waals surface area contributed by atoms with Crippen molar-refractivity contribution in [1.29, 1.82) is 0 Å². The first-order valence-corrected chi connectivity index (χ1v) is 11.0. The molecular weight excluding hydrogens is 419 g/mol. The molecule has 0 unspecified atom stereocenters. The summed E-state index contributed by atoms with van der Waals surface area (Å²) in [6.07, 6.45) is 1.51. The number of thioether (sulfide) groups is 1. The zero-order valence-electron chi connectivity index (χ0n) is 16.5. The maximum absolute atomic E-state index is 13.1. The molecule has 1 aliphatic heterocycles. The smallest absolute Gasteiger partial charge is 0.257 e. The van der Waals surface area contributed by atoms with E-state index in [-0.39, 0.29) is 23.4 Å². The van der Waals surface area contributed by atoms with Gasteiger partial charge in [0.25, 0.3) is 5.22 Å². The zero-order chi connectivity index (χ0) is 21.2. The van der Waals surface area contributed by atoms with Gasteiger partial charge in [0.1, 0.15) is 11.3 Å². The Hall–Kier alpha value is -3.20. The van der Waals surface area contributed by atoms with E-state index in [9.17, 15) is 9.18 Å². The lowest BCUT2D eigenvalue weighted by molar-refractivity contribution is -0.129. The predicted octanol–water partition coefficient (Wildman–Crippen LogP) is 4.52. The van der Waals surface area contributed by atoms with Gasteiger partial charge in [-0.1, -0.05) is 23.9 Å². The van der Waals surface area contributed by atoms with Crippen molar-refractivity contribution in [2.75, 3.05) is 18.8 Å². The van der Waals surface area contributed by atoms with Crippen LogP contribution in [0.1, 0.15) is 24.7 Å². The first kappa shape index (κ1) is 19.7. The standard InChI is InChI=1S/C22H19FN4O3S/c23-16-7-5-14(6-8-16)20-25-26-21(30-20)15-9-11-27(12-10-15)19(28)13-31-22-24-17-3-1-2-4-18(17)29-22/h1-8,15H,9-13H2. The molecule has 0 spiro atoms. The molecule has 4 aromatic rings. The summed E-state index contributed by atoms with van der Waals surface area (Å²) in [4.78, 5) is 18.8. The Morgan fingerprint density at radius 1 is 1.06 bits per heavy atom. The summed E-state index contributed by atoms with van der Waals surface area (Å²) >= 11 is 1.31. The van der Waals surface area contributed by atoms with Crippen LogP contribution in [0.25, 0.3) is 22.6 Å². The third kappa shape index (κ3) is 4.32. The van der Waals surface area contributed by atoms with Crippen LogP contribution in [0.3, 0.4) is 0 Å². The molecule has 5 rings (SSSR count). The number of rotatable bonds is 5. The second-order valence-electron chi connectivity index (χ2n) is 7.34. The van der Waals surface area contributed by atoms with Crippen molar-refractivity contribution in [3.63, 3.8) is 0 Å². The normalized spacial score (nSPS) is 14.9. The Labute approximate surface area is 181 Å². The molecule has 7 nitrogen and oxygen atoms in total. The van der Waals surface area contributed by atoms with Gasteiger partial charge in [-0.05, 0) is 49.2 Å². The van der Waals surface area contributed by atoms with E-state index >= 15 is 0 Å². The van der Waals surface area contributed by atoms with Crippen LogP contribution < -0.4 is 0 Å². The molecule has 158 valence electrons. The number of benzene rings is 2. The number of para-hydroxylation sites is 2. The zero-order valence-corrected chi connectivity index (χ0v) is 17.3. The number of likely N-dealkylation sites (tertiary alicyclic amines) is 1. The third-order valence-corrected chi connectivity index (χ3v) is 6.13. The average Bonchev–Trinajstić information content (AvgIpc) is 3.45. The number of piperidine rings is 1. The monoisotopic (exact) mass is 438 g/mol. The molecule has 0 atom stereocenters. The van der Waals surface area contributed by atoms with Gasteiger partial charge in [-0.3, -0.25) is 4.79 Å². The van der Waals surface area contributed by atoms with Crippen LogP contribution in [0.15, 0.2) is 62.6 Å². The van der Waals surface area contributed by atoms with Crippen LogP contribution in [-0.2, 0) is 4.79 Å². The molecule has 0 aliphatic carbocycles. The van der Waals surface area contributed by atoms with E-state index in [1.54, 1.807) is 12.1 Å². The van der Waals surface area contributed by atoms with E-state index in [0.717, 1.165) is 23.9 Å². The molecule has 0 saturated carbocycles. The third-order valence-electron chi connectivity index (χ3n) is 5.32. The summed E-state index contributed by atoms with van der Waals surface area (Å²) in [6.45, 7) is 1.26. The molecule has 31 heavy (non-hydrogen) atoms. The molecule has 2 aromatic heterocycles. The molecule has 1 amide bonds. The van der Waals surface area contributed by atoms with Crippen LogP contribution in [0, 0.1) is 5.82 Å². The highest BCUT2D eigenvalue weighted by Gasteiger charge is 2.27. The fraction of sp³-hybridized carbons (Fsp3) is 0.273. The Balaban J connectivity index is 1.15. The van der Waals surface area contributed by atoms with Crippen LogP contribution in [0.5, 0.6) is 0 Å². The van der Waals surface area contributed by atoms with E-state index in [2.05, 4.69) is 15.2 Å². The molecule has 0 N–H and O–H groups in total. The summed E-state index contributed by atoms with van der Waals surface area (Å²) in [5.41, 5.74) is 2.19. The fourth-order valence-corrected chi connectivity index (χ4v) is 4.35. The van der Waals surface area contributed by atoms with E-state index in [1.807, 2.05) is 29.2 Å². The number of hydrogen-bond acceptors (Lipinski definition) is 7. The van der Waals surface area contributed by atoms with Crippen molar-refractivity contribution < 1.29 is 18.0 Å². The predicted molar refractivity (Wildman–Crippen MR) is 113 cm³/mol. The van der Waals surface area contributed by atoms with Crippen molar-refractivity contribution in [3.8, 4) is 11.5 Å². The van der Waals surface area contributed by atoms with E-state index in [1.165, 1.54) is 23.9 Å². The van der Waals surface area contributed by atoms with Gasteiger partial charge in [0.2, 0.25) is 17.7 Å². The van der Waals surface area contributed by atoms with E-state index in [4.69, 9.17) is 8.83 Å². The number of aromatic nitrogens is 3. The summed E-state index contributed by atoms with van der Waals surface area (Å²) in [7, 11) is 0. The first-order valence-electron chi connectivity index (χ1n) is 10.0. The molecule has 0 radical (unpaired) electrons. The lowest BCUT2D eigenvalue weighted by Crippen LogP contribution is -2.39. The first-order chi connectivity index (χ1) is 15.2. The van der Waals surface area contributed by atoms with Gasteiger partial charge in [0.05, 0.1) is 5.75 Å². The number of oxazole rings is 1. The average molecular weight is 438 g/mol. The number of nitrogens with zero attached hydrogens (tertiary/aromatic N) is 4. The highest BCUT2D eigenvalue weighted by atomic mass is 32.2. The highest BCUT2D eigenvalue weighted by Crippen LogP contribution is 2.30. The maximum atomic E-state index is 13.1. The molecule has 1 saturated heterocycles. The Kier molecular flexibility index (Phi) is 5.42. The van der Waals surface area contributed by atoms with Crippen molar-refractivity contribution >= 4 is 28.8 Å². The van der Waals surface area contributed by atoms with Crippen molar-refractivity contribution in [1.82, 2.24) is 20.1 Å². The summed E-state index contributed by atoms with van der Waals surface area (Å²) in [5.74, 6) is 1.08. The van der Waals surface area contributed by atoms with Crippen LogP contribution in [0.4, 0.5) is 4.39 Å². The minimum absolute atomic E-state index is 0.0586. The molecule has 1 aliphatic rings. The second-order valence-corrected chi connectivity index (χ2v) is 8.27. The number of hydrogen-bond donors (Lipinski definition) is 0. The van der Waals surface area contributed by atoms with Gasteiger partial charge >= 0.3 is 0 Å². The van der Waals surface area contributed by atoms with Crippen molar-refractivity contribution in [2.24, 2.45) is 0 Å². The Bertz CT molecular complexity index is 1170. The summed E-state index contributed by atoms with van der Waals surface area (Å²) < 4.78 is 24.6. The number of amides is 1. The Morgan fingerprint density at radius 2 is 1.84 bits per heavy atom. The van der Waals surface area contributed by atoms with Crippen molar-refractivity contribution in [2.45, 2.75) is 24.0 Å². The van der Waals surface area contributed by atoms with E-state index in [0.29, 0.717) is 35.7 Å². The minimum atomic E-state index is -0.310. The number of carbonyl (C=O) groups excluding carboxylic acids is 1. The molecule has 2 aromatic carbocycles. The lowest BCUT2D eigenvalue weighted by atomic mass is 9.97. The fourth-order valence-electron chi connectivity index (χ4n) is 3.61. The van der Waals surface area contributed by atoms with Gasteiger partial charge < -0.3 is 13.7 Å². The van der Waals surface area contributed by atoms with Gasteiger partial charge in [-0.15, -0.1) is 10.2 Å². The van der Waals surface area contributed by atoms with Crippen LogP contribution in [-0.4, -0.2) is 44.8 Å². The van der Waals surface area contributed by atoms with E-state index < -0.39 is 0 Å². The lowest BCUT2D eigenvalue weighted by Gasteiger charge is -2.30. The molecule has 0 bridgehead atoms. The molecular formula is C22H19FN4O3S. The van der Waals surface area contributed by atoms with Gasteiger partial charge in [0, 0.05) is 24.6 Å². The number of carbonyl (C=O) groups is 1. The van der Waals surface area contributed by atoms with Crippen molar-refractivity contribution in [3.05, 3.63) is 60.2 Å². The molecule has 9 heteroatoms. The van der Waals surface area contributed by atoms with Crippen LogP contribution in [0.2, 0.25) is 0 Å². The SMILES string of the molecule is O=C(CSc1nc2ccccc2o1)N1CCC(c2nnc(-c3ccc(F)cc3)o2)CC1. The second kappa shape index (κ2) is 8.50. The van der Waals surface area contributed by atoms with Crippen LogP contribution >= 0.6 is 11.8 Å². The quantitative estimate of drug-likeness (QED) is 0.424. The summed E-state index contributed by atoms with van der Waals surface area (Å²) in [6, 6.07) is 13.5. The topological polar surface area (TPSA) is 85.3 Å². The molecule has 3 heterocycles.